The Labute approximate surface area is 267 Å². The number of likely N-dealkylation sites (N-methyl/N-ethyl adjacent to an activating group) is 2. The van der Waals surface area contributed by atoms with Gasteiger partial charge in [-0.2, -0.15) is 4.98 Å². The number of anilines is 2. The lowest BCUT2D eigenvalue weighted by Crippen LogP contribution is -2.58. The second kappa shape index (κ2) is 11.5. The number of aromatic hydroxyl groups is 1. The summed E-state index contributed by atoms with van der Waals surface area (Å²) in [6.45, 7) is 10.3. The topological polar surface area (TPSA) is 88.9 Å². The van der Waals surface area contributed by atoms with Gasteiger partial charge in [-0.15, -0.1) is 6.42 Å². The second-order valence-electron chi connectivity index (χ2n) is 13.1. The number of nitrogens with zero attached hydrogens (tertiary/aromatic N) is 7. The quantitative estimate of drug-likeness (QED) is 0.231. The number of amides is 1. The van der Waals surface area contributed by atoms with E-state index in [-0.39, 0.29) is 50.8 Å². The monoisotopic (exact) mass is 625 g/mol. The average molecular weight is 626 g/mol. The van der Waals surface area contributed by atoms with Gasteiger partial charge < -0.3 is 24.7 Å². The Morgan fingerprint density at radius 2 is 1.96 bits per heavy atom. The van der Waals surface area contributed by atoms with Crippen molar-refractivity contribution in [3.05, 3.63) is 60.3 Å². The van der Waals surface area contributed by atoms with E-state index >= 15 is 4.39 Å². The van der Waals surface area contributed by atoms with Crippen molar-refractivity contribution in [2.24, 2.45) is 5.41 Å². The van der Waals surface area contributed by atoms with Crippen LogP contribution in [0.5, 0.6) is 5.75 Å². The molecule has 2 saturated heterocycles. The smallest absolute Gasteiger partial charge is 0.246 e. The Hall–Kier alpha value is -4.82. The van der Waals surface area contributed by atoms with E-state index in [0.717, 1.165) is 6.42 Å². The summed E-state index contributed by atoms with van der Waals surface area (Å²) in [4.78, 5) is 34.7. The van der Waals surface area contributed by atoms with Crippen LogP contribution in [0.15, 0.2) is 43.1 Å². The van der Waals surface area contributed by atoms with Crippen LogP contribution < -0.4 is 9.80 Å². The normalized spacial score (nSPS) is 17.8. The first kappa shape index (κ1) is 31.2. The van der Waals surface area contributed by atoms with Crippen molar-refractivity contribution in [3.63, 3.8) is 0 Å². The van der Waals surface area contributed by atoms with Gasteiger partial charge in [-0.05, 0) is 55.6 Å². The van der Waals surface area contributed by atoms with Crippen molar-refractivity contribution in [1.82, 2.24) is 24.8 Å². The number of phenols is 1. The molecule has 6 rings (SSSR count). The molecule has 4 heterocycles. The molecule has 0 saturated carbocycles. The van der Waals surface area contributed by atoms with Crippen LogP contribution in [-0.4, -0.2) is 95.2 Å². The van der Waals surface area contributed by atoms with Crippen molar-refractivity contribution in [2.45, 2.75) is 32.4 Å². The molecule has 11 heteroatoms. The predicted octanol–water partition coefficient (Wildman–Crippen LogP) is 4.81. The van der Waals surface area contributed by atoms with Gasteiger partial charge in [-0.3, -0.25) is 9.78 Å². The predicted molar refractivity (Wildman–Crippen MR) is 177 cm³/mol. The molecule has 0 spiro atoms. The van der Waals surface area contributed by atoms with Crippen molar-refractivity contribution in [3.8, 4) is 29.4 Å². The molecule has 0 bridgehead atoms. The van der Waals surface area contributed by atoms with Crippen LogP contribution in [0.25, 0.3) is 32.9 Å². The minimum absolute atomic E-state index is 0.0324. The van der Waals surface area contributed by atoms with E-state index in [9.17, 15) is 14.3 Å². The average Bonchev–Trinajstić information content (AvgIpc) is 3.28. The van der Waals surface area contributed by atoms with Gasteiger partial charge in [0.15, 0.2) is 5.82 Å². The Morgan fingerprint density at radius 3 is 2.63 bits per heavy atom. The Bertz CT molecular complexity index is 1930. The van der Waals surface area contributed by atoms with Crippen molar-refractivity contribution >= 4 is 39.3 Å². The highest BCUT2D eigenvalue weighted by Crippen LogP contribution is 2.40. The van der Waals surface area contributed by atoms with Crippen LogP contribution in [0, 0.1) is 29.4 Å². The Balaban J connectivity index is 1.52. The highest BCUT2D eigenvalue weighted by molar-refractivity contribution is 6.03. The minimum Gasteiger partial charge on any atom is -0.508 e. The van der Waals surface area contributed by atoms with Crippen molar-refractivity contribution in [2.75, 3.05) is 57.1 Å². The molecular weight excluding hydrogens is 588 g/mol. The molecular formula is C35H37F2N7O2. The number of hydrogen-bond donors (Lipinski definition) is 1. The third kappa shape index (κ3) is 5.16. The molecule has 238 valence electrons. The number of benzene rings is 2. The maximum atomic E-state index is 16.8. The summed E-state index contributed by atoms with van der Waals surface area (Å²) in [5.41, 5.74) is -0.162. The van der Waals surface area contributed by atoms with E-state index in [4.69, 9.17) is 16.4 Å². The molecule has 2 aromatic heterocycles. The zero-order valence-corrected chi connectivity index (χ0v) is 26.7. The number of rotatable bonds is 7. The van der Waals surface area contributed by atoms with E-state index in [1.54, 1.807) is 0 Å². The number of carbonyl (C=O) groups excluding carboxylic acids is 1. The van der Waals surface area contributed by atoms with E-state index in [0.29, 0.717) is 54.8 Å². The van der Waals surface area contributed by atoms with Gasteiger partial charge in [0, 0.05) is 56.4 Å². The number of halogens is 2. The Kier molecular flexibility index (Phi) is 7.81. The van der Waals surface area contributed by atoms with Crippen molar-refractivity contribution in [1.29, 1.82) is 0 Å². The van der Waals surface area contributed by atoms with Gasteiger partial charge in [0.1, 0.15) is 28.6 Å². The minimum atomic E-state index is -0.746. The lowest BCUT2D eigenvalue weighted by Gasteiger charge is -2.43. The van der Waals surface area contributed by atoms with Crippen LogP contribution in [0.3, 0.4) is 0 Å². The zero-order valence-electron chi connectivity index (χ0n) is 26.7. The second-order valence-corrected chi connectivity index (χ2v) is 13.1. The van der Waals surface area contributed by atoms with Crippen LogP contribution in [0.2, 0.25) is 0 Å². The number of pyridine rings is 1. The molecule has 1 N–H and O–H groups in total. The zero-order chi connectivity index (χ0) is 33.1. The lowest BCUT2D eigenvalue weighted by molar-refractivity contribution is -0.127. The molecule has 0 aliphatic carbocycles. The SMILES string of the molecule is C#Cc1c(F)ccc2cc(O)cc(-c3ncc4c(N(C)C[C@H]5N(C(=O)C=C)CCC5(C)C)nc(N5CC(N(C)C)C5)nc4c3F)c12. The third-order valence-electron chi connectivity index (χ3n) is 9.52. The highest BCUT2D eigenvalue weighted by Gasteiger charge is 2.43. The first-order valence-electron chi connectivity index (χ1n) is 15.2. The van der Waals surface area contributed by atoms with Gasteiger partial charge in [0.05, 0.1) is 17.0 Å². The molecule has 0 radical (unpaired) electrons. The summed E-state index contributed by atoms with van der Waals surface area (Å²) >= 11 is 0. The van der Waals surface area contributed by atoms with E-state index in [2.05, 4.69) is 36.2 Å². The molecule has 4 aromatic rings. The Morgan fingerprint density at radius 1 is 1.22 bits per heavy atom. The summed E-state index contributed by atoms with van der Waals surface area (Å²) in [7, 11) is 5.88. The molecule has 2 aromatic carbocycles. The summed E-state index contributed by atoms with van der Waals surface area (Å²) in [6, 6.07) is 5.63. The number of terminal acetylenes is 1. The number of phenolic OH excluding ortho intramolecular Hbond substituents is 1. The van der Waals surface area contributed by atoms with Gasteiger partial charge >= 0.3 is 0 Å². The number of carbonyl (C=O) groups is 1. The van der Waals surface area contributed by atoms with E-state index in [1.807, 2.05) is 35.8 Å². The first-order valence-corrected chi connectivity index (χ1v) is 15.2. The summed E-state index contributed by atoms with van der Waals surface area (Å²) in [6.07, 6.45) is 9.35. The van der Waals surface area contributed by atoms with E-state index < -0.39 is 11.6 Å². The lowest BCUT2D eigenvalue weighted by atomic mass is 9.84. The number of aromatic nitrogens is 3. The molecule has 2 aliphatic heterocycles. The summed E-state index contributed by atoms with van der Waals surface area (Å²) in [5.74, 6) is 1.55. The van der Waals surface area contributed by atoms with E-state index in [1.165, 1.54) is 36.5 Å². The molecule has 9 nitrogen and oxygen atoms in total. The third-order valence-corrected chi connectivity index (χ3v) is 9.52. The number of fused-ring (bicyclic) bond motifs is 2. The standard InChI is InChI=1S/C35H37F2N7O2/c1-8-23-26(36)11-10-20-14-22(45)15-24(29(20)23)31-30(37)32-25(16-38-31)33(40-34(39-32)43-17-21(18-43)41(5)6)42(7)19-27-35(3,4)12-13-44(27)28(46)9-2/h1,9-11,14-16,21,27,45H,2,12-13,17-19H2,3-7H3/t27-/m1/s1. The van der Waals surface area contributed by atoms with Gasteiger partial charge in [0.25, 0.3) is 0 Å². The largest absolute Gasteiger partial charge is 0.508 e. The maximum Gasteiger partial charge on any atom is 0.246 e. The summed E-state index contributed by atoms with van der Waals surface area (Å²) in [5, 5.41) is 11.6. The summed E-state index contributed by atoms with van der Waals surface area (Å²) < 4.78 is 31.6. The van der Waals surface area contributed by atoms with Crippen LogP contribution >= 0.6 is 0 Å². The van der Waals surface area contributed by atoms with Crippen LogP contribution in [0.1, 0.15) is 25.8 Å². The number of likely N-dealkylation sites (tertiary alicyclic amines) is 1. The maximum absolute atomic E-state index is 16.8. The fourth-order valence-corrected chi connectivity index (χ4v) is 6.57. The van der Waals surface area contributed by atoms with Gasteiger partial charge in [-0.25, -0.2) is 13.8 Å². The number of hydrogen-bond acceptors (Lipinski definition) is 8. The molecule has 2 aliphatic rings. The van der Waals surface area contributed by atoms with Gasteiger partial charge in [0.2, 0.25) is 11.9 Å². The molecule has 1 amide bonds. The molecule has 46 heavy (non-hydrogen) atoms. The highest BCUT2D eigenvalue weighted by atomic mass is 19.1. The molecule has 2 fully saturated rings. The van der Waals surface area contributed by atoms with Gasteiger partial charge in [-0.1, -0.05) is 32.4 Å². The fourth-order valence-electron chi connectivity index (χ4n) is 6.57. The van der Waals surface area contributed by atoms with Crippen LogP contribution in [0.4, 0.5) is 20.5 Å². The molecule has 1 atom stereocenters. The first-order chi connectivity index (χ1) is 21.8. The fraction of sp³-hybridized carbons (Fsp3) is 0.371. The van der Waals surface area contributed by atoms with Crippen LogP contribution in [-0.2, 0) is 4.79 Å². The molecule has 0 unspecified atom stereocenters. The van der Waals surface area contributed by atoms with Crippen molar-refractivity contribution < 1.29 is 18.7 Å².